The van der Waals surface area contributed by atoms with Gasteiger partial charge in [0.2, 0.25) is 0 Å². The highest BCUT2D eigenvalue weighted by molar-refractivity contribution is 5.94. The molecule has 0 heterocycles. The molecule has 2 aromatic carbocycles. The zero-order valence-electron chi connectivity index (χ0n) is 12.6. The fourth-order valence-corrected chi connectivity index (χ4v) is 2.22. The fourth-order valence-electron chi connectivity index (χ4n) is 2.22. The topological polar surface area (TPSA) is 38.3 Å². The van der Waals surface area contributed by atoms with Gasteiger partial charge in [-0.3, -0.25) is 4.79 Å². The summed E-state index contributed by atoms with van der Waals surface area (Å²) in [6.45, 7) is 1.74. The van der Waals surface area contributed by atoms with Crippen LogP contribution in [0.5, 0.6) is 5.75 Å². The summed E-state index contributed by atoms with van der Waals surface area (Å²) in [6, 6.07) is 11.1. The number of ether oxygens (including phenoxy) is 1. The average Bonchev–Trinajstić information content (AvgIpc) is 2.54. The van der Waals surface area contributed by atoms with Gasteiger partial charge in [0.1, 0.15) is 5.75 Å². The van der Waals surface area contributed by atoms with E-state index in [4.69, 9.17) is 4.74 Å². The fraction of sp³-hybridized carbons (Fsp3) is 0.235. The predicted molar refractivity (Wildman–Crippen MR) is 80.3 cm³/mol. The summed E-state index contributed by atoms with van der Waals surface area (Å²) < 4.78 is 43.3. The minimum atomic E-state index is -4.48. The van der Waals surface area contributed by atoms with Crippen LogP contribution in [-0.4, -0.2) is 13.0 Å². The molecule has 0 aliphatic carbocycles. The molecule has 0 saturated heterocycles. The molecule has 1 amide bonds. The standard InChI is InChI=1S/C17H16F3NO2/c1-11(14-8-3-4-9-15(14)23-2)21-16(22)12-6-5-7-13(10-12)17(18,19)20/h3-11H,1-2H3,(H,21,22)/t11-/m1/s1. The number of carbonyl (C=O) groups excluding carboxylic acids is 1. The predicted octanol–water partition coefficient (Wildman–Crippen LogP) is 4.21. The minimum absolute atomic E-state index is 0.0402. The van der Waals surface area contributed by atoms with E-state index >= 15 is 0 Å². The molecule has 0 aliphatic rings. The van der Waals surface area contributed by atoms with Crippen LogP contribution in [0.1, 0.15) is 34.5 Å². The van der Waals surface area contributed by atoms with Crippen LogP contribution in [0.2, 0.25) is 0 Å². The van der Waals surface area contributed by atoms with Crippen molar-refractivity contribution in [1.82, 2.24) is 5.32 Å². The zero-order chi connectivity index (χ0) is 17.0. The van der Waals surface area contributed by atoms with Gasteiger partial charge in [-0.25, -0.2) is 0 Å². The molecule has 0 radical (unpaired) electrons. The molecular weight excluding hydrogens is 307 g/mol. The van der Waals surface area contributed by atoms with Crippen LogP contribution in [0.4, 0.5) is 13.2 Å². The summed E-state index contributed by atoms with van der Waals surface area (Å²) in [5.74, 6) is 0.0267. The van der Waals surface area contributed by atoms with Gasteiger partial charge >= 0.3 is 6.18 Å². The normalized spacial score (nSPS) is 12.6. The Morgan fingerprint density at radius 1 is 1.13 bits per heavy atom. The van der Waals surface area contributed by atoms with Crippen LogP contribution in [0.25, 0.3) is 0 Å². The monoisotopic (exact) mass is 323 g/mol. The molecular formula is C17H16F3NO2. The van der Waals surface area contributed by atoms with Crippen molar-refractivity contribution in [2.24, 2.45) is 0 Å². The van der Waals surface area contributed by atoms with Crippen molar-refractivity contribution >= 4 is 5.91 Å². The van der Waals surface area contributed by atoms with Crippen molar-refractivity contribution in [1.29, 1.82) is 0 Å². The number of amides is 1. The first-order valence-corrected chi connectivity index (χ1v) is 6.94. The third-order valence-corrected chi connectivity index (χ3v) is 3.41. The summed E-state index contributed by atoms with van der Waals surface area (Å²) in [5.41, 5.74) is -0.146. The van der Waals surface area contributed by atoms with E-state index in [0.717, 1.165) is 17.7 Å². The minimum Gasteiger partial charge on any atom is -0.496 e. The number of benzene rings is 2. The van der Waals surface area contributed by atoms with E-state index < -0.39 is 23.7 Å². The number of methoxy groups -OCH3 is 1. The van der Waals surface area contributed by atoms with E-state index in [2.05, 4.69) is 5.32 Å². The molecule has 0 spiro atoms. The maximum atomic E-state index is 12.7. The highest BCUT2D eigenvalue weighted by Gasteiger charge is 2.31. The summed E-state index contributed by atoms with van der Waals surface area (Å²) in [6.07, 6.45) is -4.48. The third kappa shape index (κ3) is 4.03. The van der Waals surface area contributed by atoms with Gasteiger partial charge < -0.3 is 10.1 Å². The van der Waals surface area contributed by atoms with Crippen LogP contribution in [-0.2, 0) is 6.18 Å². The average molecular weight is 323 g/mol. The van der Waals surface area contributed by atoms with Crippen LogP contribution < -0.4 is 10.1 Å². The second kappa shape index (κ2) is 6.73. The second-order valence-electron chi connectivity index (χ2n) is 5.02. The Morgan fingerprint density at radius 2 is 1.83 bits per heavy atom. The number of rotatable bonds is 4. The first-order valence-electron chi connectivity index (χ1n) is 6.94. The highest BCUT2D eigenvalue weighted by Crippen LogP contribution is 2.30. The molecule has 6 heteroatoms. The molecule has 2 aromatic rings. The molecule has 122 valence electrons. The van der Waals surface area contributed by atoms with Crippen molar-refractivity contribution in [3.05, 3.63) is 65.2 Å². The SMILES string of the molecule is COc1ccccc1[C@@H](C)NC(=O)c1cccc(C(F)(F)F)c1. The molecule has 1 atom stereocenters. The zero-order valence-corrected chi connectivity index (χ0v) is 12.6. The van der Waals surface area contributed by atoms with Crippen LogP contribution in [0, 0.1) is 0 Å². The summed E-state index contributed by atoms with van der Waals surface area (Å²) in [7, 11) is 1.51. The molecule has 3 nitrogen and oxygen atoms in total. The van der Waals surface area contributed by atoms with Gasteiger partial charge in [-0.1, -0.05) is 24.3 Å². The molecule has 0 saturated carbocycles. The third-order valence-electron chi connectivity index (χ3n) is 3.41. The molecule has 2 rings (SSSR count). The largest absolute Gasteiger partial charge is 0.496 e. The number of nitrogens with one attached hydrogen (secondary N) is 1. The van der Waals surface area contributed by atoms with Crippen molar-refractivity contribution in [2.45, 2.75) is 19.1 Å². The Bertz CT molecular complexity index is 698. The molecule has 0 bridgehead atoms. The number of hydrogen-bond acceptors (Lipinski definition) is 2. The molecule has 0 aliphatic heterocycles. The molecule has 0 unspecified atom stereocenters. The Balaban J connectivity index is 2.19. The van der Waals surface area contributed by atoms with Crippen molar-refractivity contribution in [2.75, 3.05) is 7.11 Å². The maximum absolute atomic E-state index is 12.7. The van der Waals surface area contributed by atoms with Gasteiger partial charge in [-0.05, 0) is 31.2 Å². The van der Waals surface area contributed by atoms with Gasteiger partial charge in [0, 0.05) is 11.1 Å². The lowest BCUT2D eigenvalue weighted by Crippen LogP contribution is -2.27. The molecule has 0 fully saturated rings. The van der Waals surface area contributed by atoms with E-state index in [1.165, 1.54) is 19.2 Å². The molecule has 1 N–H and O–H groups in total. The van der Waals surface area contributed by atoms with E-state index in [0.29, 0.717) is 5.75 Å². The number of halogens is 3. The highest BCUT2D eigenvalue weighted by atomic mass is 19.4. The van der Waals surface area contributed by atoms with Crippen LogP contribution in [0.3, 0.4) is 0 Å². The Hall–Kier alpha value is -2.50. The van der Waals surface area contributed by atoms with Gasteiger partial charge in [0.25, 0.3) is 5.91 Å². The number of para-hydroxylation sites is 1. The lowest BCUT2D eigenvalue weighted by Gasteiger charge is -2.17. The van der Waals surface area contributed by atoms with E-state index in [1.54, 1.807) is 31.2 Å². The van der Waals surface area contributed by atoms with E-state index in [9.17, 15) is 18.0 Å². The van der Waals surface area contributed by atoms with Crippen LogP contribution >= 0.6 is 0 Å². The van der Waals surface area contributed by atoms with Gasteiger partial charge in [-0.2, -0.15) is 13.2 Å². The smallest absolute Gasteiger partial charge is 0.416 e. The van der Waals surface area contributed by atoms with E-state index in [1.807, 2.05) is 0 Å². The summed E-state index contributed by atoms with van der Waals surface area (Å²) in [4.78, 5) is 12.2. The Kier molecular flexibility index (Phi) is 4.93. The Morgan fingerprint density at radius 3 is 2.48 bits per heavy atom. The van der Waals surface area contributed by atoms with Crippen molar-refractivity contribution in [3.8, 4) is 5.75 Å². The van der Waals surface area contributed by atoms with E-state index in [-0.39, 0.29) is 5.56 Å². The van der Waals surface area contributed by atoms with Gasteiger partial charge in [0.05, 0.1) is 18.7 Å². The molecule has 0 aromatic heterocycles. The van der Waals surface area contributed by atoms with Crippen molar-refractivity contribution < 1.29 is 22.7 Å². The maximum Gasteiger partial charge on any atom is 0.416 e. The first kappa shape index (κ1) is 16.9. The lowest BCUT2D eigenvalue weighted by atomic mass is 10.1. The van der Waals surface area contributed by atoms with Crippen molar-refractivity contribution in [3.63, 3.8) is 0 Å². The quantitative estimate of drug-likeness (QED) is 0.915. The number of hydrogen-bond donors (Lipinski definition) is 1. The van der Waals surface area contributed by atoms with Gasteiger partial charge in [-0.15, -0.1) is 0 Å². The lowest BCUT2D eigenvalue weighted by molar-refractivity contribution is -0.137. The van der Waals surface area contributed by atoms with Gasteiger partial charge in [0.15, 0.2) is 0 Å². The summed E-state index contributed by atoms with van der Waals surface area (Å²) >= 11 is 0. The van der Waals surface area contributed by atoms with Crippen LogP contribution in [0.15, 0.2) is 48.5 Å². The first-order chi connectivity index (χ1) is 10.8. The summed E-state index contributed by atoms with van der Waals surface area (Å²) in [5, 5.41) is 2.68. The Labute approximate surface area is 132 Å². The molecule has 23 heavy (non-hydrogen) atoms. The second-order valence-corrected chi connectivity index (χ2v) is 5.02. The number of alkyl halides is 3. The number of carbonyl (C=O) groups is 1.